The lowest BCUT2D eigenvalue weighted by atomic mass is 10.0. The van der Waals surface area contributed by atoms with Crippen molar-refractivity contribution in [1.29, 1.82) is 0 Å². The lowest BCUT2D eigenvalue weighted by molar-refractivity contribution is -0.120. The molecule has 1 atom stereocenters. The maximum Gasteiger partial charge on any atom is 0.330 e. The van der Waals surface area contributed by atoms with E-state index < -0.39 is 28.2 Å². The van der Waals surface area contributed by atoms with Crippen LogP contribution in [0.2, 0.25) is 0 Å². The van der Waals surface area contributed by atoms with Crippen molar-refractivity contribution in [2.75, 3.05) is 19.1 Å². The molecule has 0 saturated heterocycles. The minimum absolute atomic E-state index is 0.00996. The third-order valence-corrected chi connectivity index (χ3v) is 6.19. The predicted octanol–water partition coefficient (Wildman–Crippen LogP) is 2.60. The Kier molecular flexibility index (Phi) is 8.82. The van der Waals surface area contributed by atoms with E-state index in [9.17, 15) is 18.0 Å². The van der Waals surface area contributed by atoms with E-state index in [1.807, 2.05) is 41.1 Å². The molecule has 3 amide bonds. The summed E-state index contributed by atoms with van der Waals surface area (Å²) in [5, 5.41) is 2.51. The first-order chi connectivity index (χ1) is 16.8. The van der Waals surface area contributed by atoms with Gasteiger partial charge in [0.25, 0.3) is 0 Å². The molecule has 0 aliphatic rings. The average molecular weight is 497 g/mol. The third-order valence-electron chi connectivity index (χ3n) is 5.21. The summed E-state index contributed by atoms with van der Waals surface area (Å²) in [6.45, 7) is 0.00996. The van der Waals surface area contributed by atoms with E-state index in [2.05, 4.69) is 10.0 Å². The molecule has 0 saturated carbocycles. The van der Waals surface area contributed by atoms with Crippen LogP contribution in [0.5, 0.6) is 5.75 Å². The van der Waals surface area contributed by atoms with Crippen LogP contribution in [0.1, 0.15) is 11.1 Å². The van der Waals surface area contributed by atoms with Crippen LogP contribution in [0.3, 0.4) is 0 Å². The molecule has 0 aliphatic carbocycles. The van der Waals surface area contributed by atoms with Gasteiger partial charge >= 0.3 is 16.2 Å². The molecule has 35 heavy (non-hydrogen) atoms. The zero-order valence-electron chi connectivity index (χ0n) is 19.5. The quantitative estimate of drug-likeness (QED) is 0.399. The number of amides is 3. The Hall–Kier alpha value is -3.89. The summed E-state index contributed by atoms with van der Waals surface area (Å²) in [6, 6.07) is 22.9. The monoisotopic (exact) mass is 496 g/mol. The third kappa shape index (κ3) is 7.83. The van der Waals surface area contributed by atoms with Gasteiger partial charge in [-0.1, -0.05) is 60.7 Å². The normalized spacial score (nSPS) is 11.8. The van der Waals surface area contributed by atoms with Gasteiger partial charge in [-0.2, -0.15) is 13.1 Å². The van der Waals surface area contributed by atoms with Crippen molar-refractivity contribution in [3.8, 4) is 5.75 Å². The van der Waals surface area contributed by atoms with Gasteiger partial charge in [-0.25, -0.2) is 9.52 Å². The SMILES string of the molecule is COc1ccc(N(C)C(=O)C(Cc2ccccc2)NC(=O)NS(=O)(=O)NCc2ccccc2)cc1. The topological polar surface area (TPSA) is 117 Å². The Morgan fingerprint density at radius 1 is 0.886 bits per heavy atom. The van der Waals surface area contributed by atoms with E-state index in [0.717, 1.165) is 11.1 Å². The highest BCUT2D eigenvalue weighted by atomic mass is 32.2. The molecule has 0 aliphatic heterocycles. The first-order valence-electron chi connectivity index (χ1n) is 10.8. The van der Waals surface area contributed by atoms with Gasteiger partial charge in [0.15, 0.2) is 0 Å². The van der Waals surface area contributed by atoms with Gasteiger partial charge in [0.1, 0.15) is 11.8 Å². The van der Waals surface area contributed by atoms with E-state index in [0.29, 0.717) is 11.4 Å². The first-order valence-corrected chi connectivity index (χ1v) is 12.3. The number of hydrogen-bond donors (Lipinski definition) is 3. The predicted molar refractivity (Wildman–Crippen MR) is 134 cm³/mol. The zero-order valence-corrected chi connectivity index (χ0v) is 20.3. The summed E-state index contributed by atoms with van der Waals surface area (Å²) in [4.78, 5) is 27.3. The lowest BCUT2D eigenvalue weighted by Gasteiger charge is -2.25. The van der Waals surface area contributed by atoms with Crippen LogP contribution in [-0.2, 0) is 28.0 Å². The largest absolute Gasteiger partial charge is 0.497 e. The number of benzene rings is 3. The number of ether oxygens (including phenoxy) is 1. The van der Waals surface area contributed by atoms with Crippen LogP contribution >= 0.6 is 0 Å². The highest BCUT2D eigenvalue weighted by molar-refractivity contribution is 7.88. The molecular weight excluding hydrogens is 468 g/mol. The van der Waals surface area contributed by atoms with Gasteiger partial charge in [0, 0.05) is 25.7 Å². The van der Waals surface area contributed by atoms with Crippen LogP contribution in [0.25, 0.3) is 0 Å². The number of urea groups is 1. The second-order valence-electron chi connectivity index (χ2n) is 7.72. The van der Waals surface area contributed by atoms with Crippen molar-refractivity contribution in [1.82, 2.24) is 14.8 Å². The number of carbonyl (C=O) groups is 2. The number of carbonyl (C=O) groups excluding carboxylic acids is 2. The van der Waals surface area contributed by atoms with Gasteiger partial charge in [0.2, 0.25) is 5.91 Å². The molecule has 10 heteroatoms. The second-order valence-corrected chi connectivity index (χ2v) is 9.22. The second kappa shape index (κ2) is 12.0. The van der Waals surface area contributed by atoms with Crippen molar-refractivity contribution in [3.63, 3.8) is 0 Å². The fraction of sp³-hybridized carbons (Fsp3) is 0.200. The Labute approximate surface area is 205 Å². The first kappa shape index (κ1) is 25.7. The van der Waals surface area contributed by atoms with Crippen molar-refractivity contribution < 1.29 is 22.7 Å². The molecule has 1 unspecified atom stereocenters. The van der Waals surface area contributed by atoms with Crippen molar-refractivity contribution in [2.45, 2.75) is 19.0 Å². The van der Waals surface area contributed by atoms with Crippen LogP contribution < -0.4 is 24.4 Å². The van der Waals surface area contributed by atoms with Gasteiger partial charge in [-0.05, 0) is 35.4 Å². The van der Waals surface area contributed by atoms with Gasteiger partial charge < -0.3 is 15.0 Å². The summed E-state index contributed by atoms with van der Waals surface area (Å²) >= 11 is 0. The smallest absolute Gasteiger partial charge is 0.330 e. The molecule has 0 spiro atoms. The van der Waals surface area contributed by atoms with E-state index in [4.69, 9.17) is 4.74 Å². The molecule has 3 aromatic rings. The highest BCUT2D eigenvalue weighted by Gasteiger charge is 2.27. The Bertz CT molecular complexity index is 1220. The lowest BCUT2D eigenvalue weighted by Crippen LogP contribution is -2.54. The molecule has 0 aromatic heterocycles. The van der Waals surface area contributed by atoms with E-state index in [1.165, 1.54) is 4.90 Å². The maximum absolute atomic E-state index is 13.3. The highest BCUT2D eigenvalue weighted by Crippen LogP contribution is 2.19. The van der Waals surface area contributed by atoms with Crippen LogP contribution in [0, 0.1) is 0 Å². The summed E-state index contributed by atoms with van der Waals surface area (Å²) in [7, 11) is -1.02. The fourth-order valence-electron chi connectivity index (χ4n) is 3.34. The summed E-state index contributed by atoms with van der Waals surface area (Å²) in [5.74, 6) is 0.227. The van der Waals surface area contributed by atoms with Crippen LogP contribution in [-0.4, -0.2) is 40.6 Å². The standard InChI is InChI=1S/C25H28N4O5S/c1-29(21-13-15-22(34-2)16-14-21)24(30)23(17-19-9-5-3-6-10-19)27-25(31)28-35(32,33)26-18-20-11-7-4-8-12-20/h3-16,23,26H,17-18H2,1-2H3,(H2,27,28,31). The molecule has 3 aromatic carbocycles. The zero-order chi connectivity index (χ0) is 25.3. The molecule has 0 fully saturated rings. The Morgan fingerprint density at radius 2 is 1.46 bits per heavy atom. The van der Waals surface area contributed by atoms with Crippen molar-refractivity contribution in [3.05, 3.63) is 96.1 Å². The minimum Gasteiger partial charge on any atom is -0.497 e. The minimum atomic E-state index is -4.15. The number of rotatable bonds is 10. The summed E-state index contributed by atoms with van der Waals surface area (Å²) < 4.78 is 34.1. The maximum atomic E-state index is 13.3. The Balaban J connectivity index is 1.70. The molecule has 3 N–H and O–H groups in total. The molecule has 3 rings (SSSR count). The summed E-state index contributed by atoms with van der Waals surface area (Å²) in [5.41, 5.74) is 2.13. The number of hydrogen-bond acceptors (Lipinski definition) is 5. The summed E-state index contributed by atoms with van der Waals surface area (Å²) in [6.07, 6.45) is 0.172. The van der Waals surface area contributed by atoms with Gasteiger partial charge in [-0.15, -0.1) is 0 Å². The van der Waals surface area contributed by atoms with Gasteiger partial charge in [0.05, 0.1) is 7.11 Å². The molecule has 9 nitrogen and oxygen atoms in total. The van der Waals surface area contributed by atoms with Crippen LogP contribution in [0.4, 0.5) is 10.5 Å². The molecular formula is C25H28N4O5S. The number of nitrogens with one attached hydrogen (secondary N) is 3. The van der Waals surface area contributed by atoms with Crippen molar-refractivity contribution >= 4 is 27.8 Å². The number of anilines is 1. The van der Waals surface area contributed by atoms with E-state index in [1.54, 1.807) is 62.7 Å². The number of nitrogens with zero attached hydrogens (tertiary/aromatic N) is 1. The molecule has 0 bridgehead atoms. The van der Waals surface area contributed by atoms with Crippen molar-refractivity contribution in [2.24, 2.45) is 0 Å². The number of likely N-dealkylation sites (N-methyl/N-ethyl adjacent to an activating group) is 1. The molecule has 0 heterocycles. The molecule has 184 valence electrons. The van der Waals surface area contributed by atoms with E-state index >= 15 is 0 Å². The number of methoxy groups -OCH3 is 1. The Morgan fingerprint density at radius 3 is 2.03 bits per heavy atom. The van der Waals surface area contributed by atoms with E-state index in [-0.39, 0.29) is 13.0 Å². The average Bonchev–Trinajstić information content (AvgIpc) is 2.87. The van der Waals surface area contributed by atoms with Gasteiger partial charge in [-0.3, -0.25) is 4.79 Å². The molecule has 0 radical (unpaired) electrons. The van der Waals surface area contributed by atoms with Crippen LogP contribution in [0.15, 0.2) is 84.9 Å². The fourth-order valence-corrected chi connectivity index (χ4v) is 4.07.